The molecule has 15 heavy (non-hydrogen) atoms. The van der Waals surface area contributed by atoms with Crippen molar-refractivity contribution >= 4 is 0 Å². The summed E-state index contributed by atoms with van der Waals surface area (Å²) in [7, 11) is 0. The summed E-state index contributed by atoms with van der Waals surface area (Å²) in [4.78, 5) is 0. The minimum absolute atomic E-state index is 0.303. The first kappa shape index (κ1) is 13.0. The van der Waals surface area contributed by atoms with Crippen molar-refractivity contribution in [2.75, 3.05) is 6.61 Å². The fourth-order valence-electron chi connectivity index (χ4n) is 3.09. The van der Waals surface area contributed by atoms with E-state index in [0.717, 1.165) is 5.92 Å². The number of aliphatic hydroxyl groups is 1. The van der Waals surface area contributed by atoms with Gasteiger partial charge in [0.15, 0.2) is 0 Å². The van der Waals surface area contributed by atoms with Crippen LogP contribution >= 0.6 is 0 Å². The minimum atomic E-state index is 0.303. The van der Waals surface area contributed by atoms with Crippen molar-refractivity contribution in [2.24, 2.45) is 11.3 Å². The molecule has 0 saturated heterocycles. The van der Waals surface area contributed by atoms with E-state index in [1.807, 2.05) is 0 Å². The second-order valence-electron chi connectivity index (χ2n) is 5.49. The molecule has 1 aliphatic carbocycles. The lowest BCUT2D eigenvalue weighted by Crippen LogP contribution is -2.31. The molecule has 0 heterocycles. The van der Waals surface area contributed by atoms with Crippen molar-refractivity contribution in [1.82, 2.24) is 0 Å². The molecule has 1 heteroatoms. The predicted octanol–water partition coefficient (Wildman–Crippen LogP) is 4.15. The predicted molar refractivity (Wildman–Crippen MR) is 65.9 cm³/mol. The van der Waals surface area contributed by atoms with Crippen LogP contribution in [0.1, 0.15) is 71.6 Å². The molecule has 1 saturated carbocycles. The van der Waals surface area contributed by atoms with Crippen LogP contribution in [0.4, 0.5) is 0 Å². The normalized spacial score (nSPS) is 31.8. The van der Waals surface area contributed by atoms with Crippen LogP contribution in [0.5, 0.6) is 0 Å². The molecule has 0 aromatic heterocycles. The van der Waals surface area contributed by atoms with Gasteiger partial charge in [-0.05, 0) is 43.4 Å². The van der Waals surface area contributed by atoms with Gasteiger partial charge in [0.2, 0.25) is 0 Å². The van der Waals surface area contributed by atoms with Crippen LogP contribution < -0.4 is 0 Å². The van der Waals surface area contributed by atoms with Crippen LogP contribution in [-0.4, -0.2) is 11.7 Å². The molecule has 1 N–H and O–H groups in total. The zero-order valence-electron chi connectivity index (χ0n) is 10.6. The molecule has 1 rings (SSSR count). The second kappa shape index (κ2) is 6.52. The average Bonchev–Trinajstić information content (AvgIpc) is 2.29. The Labute approximate surface area is 95.3 Å². The fourth-order valence-corrected chi connectivity index (χ4v) is 3.09. The summed E-state index contributed by atoms with van der Waals surface area (Å²) < 4.78 is 0. The highest BCUT2D eigenvalue weighted by Gasteiger charge is 2.33. The van der Waals surface area contributed by atoms with Crippen LogP contribution in [0.15, 0.2) is 0 Å². The quantitative estimate of drug-likeness (QED) is 0.701. The van der Waals surface area contributed by atoms with Crippen LogP contribution in [-0.2, 0) is 0 Å². The lowest BCUT2D eigenvalue weighted by Gasteiger charge is -2.39. The lowest BCUT2D eigenvalue weighted by atomic mass is 9.68. The Kier molecular flexibility index (Phi) is 5.66. The van der Waals surface area contributed by atoms with E-state index < -0.39 is 0 Å². The first-order valence-electron chi connectivity index (χ1n) is 6.87. The van der Waals surface area contributed by atoms with E-state index in [1.165, 1.54) is 57.8 Å². The Hall–Kier alpha value is -0.0400. The molecular weight excluding hydrogens is 184 g/mol. The standard InChI is InChI=1S/C14H28O/c1-3-5-6-13-7-10-14(12-15,9-4-2)11-8-13/h13,15H,3-12H2,1-2H3. The molecule has 1 aliphatic rings. The Morgan fingerprint density at radius 3 is 2.27 bits per heavy atom. The van der Waals surface area contributed by atoms with Gasteiger partial charge in [0.25, 0.3) is 0 Å². The van der Waals surface area contributed by atoms with Gasteiger partial charge in [0.1, 0.15) is 0 Å². The summed E-state index contributed by atoms with van der Waals surface area (Å²) >= 11 is 0. The molecule has 0 amide bonds. The first-order chi connectivity index (χ1) is 7.26. The van der Waals surface area contributed by atoms with Gasteiger partial charge in [-0.1, -0.05) is 39.5 Å². The van der Waals surface area contributed by atoms with Gasteiger partial charge in [-0.25, -0.2) is 0 Å². The number of hydrogen-bond donors (Lipinski definition) is 1. The minimum Gasteiger partial charge on any atom is -0.396 e. The van der Waals surface area contributed by atoms with Gasteiger partial charge < -0.3 is 5.11 Å². The molecule has 0 aliphatic heterocycles. The molecule has 0 unspecified atom stereocenters. The van der Waals surface area contributed by atoms with E-state index in [4.69, 9.17) is 0 Å². The Balaban J connectivity index is 2.32. The molecule has 0 bridgehead atoms. The molecule has 0 radical (unpaired) electrons. The van der Waals surface area contributed by atoms with Crippen molar-refractivity contribution in [3.05, 3.63) is 0 Å². The van der Waals surface area contributed by atoms with Crippen LogP contribution in [0.25, 0.3) is 0 Å². The SMILES string of the molecule is CCCCC1CCC(CO)(CCC)CC1. The van der Waals surface area contributed by atoms with Gasteiger partial charge in [-0.2, -0.15) is 0 Å². The number of rotatable bonds is 6. The largest absolute Gasteiger partial charge is 0.396 e. The van der Waals surface area contributed by atoms with E-state index in [9.17, 15) is 5.11 Å². The van der Waals surface area contributed by atoms with Gasteiger partial charge in [0, 0.05) is 6.61 Å². The smallest absolute Gasteiger partial charge is 0.0487 e. The maximum absolute atomic E-state index is 9.53. The third-order valence-electron chi connectivity index (χ3n) is 4.25. The van der Waals surface area contributed by atoms with Crippen molar-refractivity contribution in [2.45, 2.75) is 71.6 Å². The fraction of sp³-hybridized carbons (Fsp3) is 1.00. The number of hydrogen-bond acceptors (Lipinski definition) is 1. The van der Waals surface area contributed by atoms with Crippen molar-refractivity contribution in [3.8, 4) is 0 Å². The van der Waals surface area contributed by atoms with Crippen LogP contribution in [0.3, 0.4) is 0 Å². The second-order valence-corrected chi connectivity index (χ2v) is 5.49. The van der Waals surface area contributed by atoms with Gasteiger partial charge in [0.05, 0.1) is 0 Å². The zero-order valence-corrected chi connectivity index (χ0v) is 10.6. The molecule has 0 aromatic rings. The third-order valence-corrected chi connectivity index (χ3v) is 4.25. The van der Waals surface area contributed by atoms with Gasteiger partial charge in [-0.3, -0.25) is 0 Å². The zero-order chi connectivity index (χ0) is 11.1. The van der Waals surface area contributed by atoms with Crippen LogP contribution in [0.2, 0.25) is 0 Å². The molecule has 0 atom stereocenters. The maximum Gasteiger partial charge on any atom is 0.0487 e. The summed E-state index contributed by atoms with van der Waals surface area (Å²) in [6.45, 7) is 4.93. The highest BCUT2D eigenvalue weighted by atomic mass is 16.3. The van der Waals surface area contributed by atoms with Gasteiger partial charge in [-0.15, -0.1) is 0 Å². The van der Waals surface area contributed by atoms with Crippen molar-refractivity contribution in [1.29, 1.82) is 0 Å². The first-order valence-corrected chi connectivity index (χ1v) is 6.87. The molecule has 1 fully saturated rings. The van der Waals surface area contributed by atoms with E-state index >= 15 is 0 Å². The monoisotopic (exact) mass is 212 g/mol. The van der Waals surface area contributed by atoms with E-state index in [2.05, 4.69) is 13.8 Å². The van der Waals surface area contributed by atoms with E-state index in [0.29, 0.717) is 12.0 Å². The molecule has 90 valence electrons. The number of aliphatic hydroxyl groups excluding tert-OH is 1. The van der Waals surface area contributed by atoms with Crippen molar-refractivity contribution in [3.63, 3.8) is 0 Å². The highest BCUT2D eigenvalue weighted by Crippen LogP contribution is 2.43. The average molecular weight is 212 g/mol. The van der Waals surface area contributed by atoms with Crippen molar-refractivity contribution < 1.29 is 5.11 Å². The summed E-state index contributed by atoms with van der Waals surface area (Å²) in [6, 6.07) is 0. The molecule has 0 aromatic carbocycles. The lowest BCUT2D eigenvalue weighted by molar-refractivity contribution is 0.0533. The summed E-state index contributed by atoms with van der Waals surface area (Å²) in [6.07, 6.45) is 11.9. The Morgan fingerprint density at radius 2 is 1.80 bits per heavy atom. The van der Waals surface area contributed by atoms with Crippen LogP contribution in [0, 0.1) is 11.3 Å². The number of unbranched alkanes of at least 4 members (excludes halogenated alkanes) is 1. The highest BCUT2D eigenvalue weighted by molar-refractivity contribution is 4.84. The molecule has 0 spiro atoms. The third kappa shape index (κ3) is 3.79. The van der Waals surface area contributed by atoms with E-state index in [1.54, 1.807) is 0 Å². The van der Waals surface area contributed by atoms with Gasteiger partial charge >= 0.3 is 0 Å². The molecular formula is C14H28O. The Bertz CT molecular complexity index is 157. The Morgan fingerprint density at radius 1 is 1.13 bits per heavy atom. The summed E-state index contributed by atoms with van der Waals surface area (Å²) in [5, 5.41) is 9.53. The summed E-state index contributed by atoms with van der Waals surface area (Å²) in [5.41, 5.74) is 0.303. The molecule has 1 nitrogen and oxygen atoms in total. The maximum atomic E-state index is 9.53. The van der Waals surface area contributed by atoms with E-state index in [-0.39, 0.29) is 0 Å². The summed E-state index contributed by atoms with van der Waals surface area (Å²) in [5.74, 6) is 0.960. The topological polar surface area (TPSA) is 20.2 Å².